The van der Waals surface area contributed by atoms with Crippen molar-refractivity contribution in [2.45, 2.75) is 90.1 Å². The molecule has 0 bridgehead atoms. The number of ether oxygens (including phenoxy) is 1. The van der Waals surface area contributed by atoms with Gasteiger partial charge in [0.15, 0.2) is 5.69 Å². The molecule has 2 N–H and O–H groups in total. The largest absolute Gasteiger partial charge is 0.443 e. The zero-order valence-electron chi connectivity index (χ0n) is 33.1. The molecule has 0 saturated heterocycles. The van der Waals surface area contributed by atoms with Crippen molar-refractivity contribution in [3.05, 3.63) is 108 Å². The highest BCUT2D eigenvalue weighted by Crippen LogP contribution is 2.42. The quantitative estimate of drug-likeness (QED) is 0.126. The standard InChI is InChI=1S/C41H45F4N7O5S/c1-38(2,3)51(37(54)57-39(4,5)6)35-30-23-29(12-10-26(30)15-21-47-35)52-33(24-34(49-52)41(43,44)45)36(53)48-32-22-28(11-13-31(32)42)40(50-58(7,55)56,18-14-25-8-9-25)27-16-19-46-20-17-27/h10-13,15-17,19-25,50H,8-9,14,18H2,1-7H3,(H,48,53). The number of fused-ring (bicyclic) bond motifs is 1. The Morgan fingerprint density at radius 2 is 1.60 bits per heavy atom. The van der Waals surface area contributed by atoms with Gasteiger partial charge < -0.3 is 10.1 Å². The van der Waals surface area contributed by atoms with Gasteiger partial charge >= 0.3 is 12.3 Å². The number of rotatable bonds is 11. The fraction of sp³-hybridized carbons (Fsp3) is 0.390. The van der Waals surface area contributed by atoms with E-state index in [1.165, 1.54) is 47.8 Å². The van der Waals surface area contributed by atoms with Crippen molar-refractivity contribution in [3.8, 4) is 5.69 Å². The molecule has 1 fully saturated rings. The van der Waals surface area contributed by atoms with Crippen molar-refractivity contribution in [2.24, 2.45) is 5.92 Å². The van der Waals surface area contributed by atoms with Crippen LogP contribution in [0.15, 0.2) is 79.3 Å². The number of amides is 2. The highest BCUT2D eigenvalue weighted by molar-refractivity contribution is 7.88. The van der Waals surface area contributed by atoms with E-state index in [9.17, 15) is 31.2 Å². The monoisotopic (exact) mass is 823 g/mol. The highest BCUT2D eigenvalue weighted by atomic mass is 32.2. The van der Waals surface area contributed by atoms with Crippen molar-refractivity contribution in [1.82, 2.24) is 24.5 Å². The highest BCUT2D eigenvalue weighted by Gasteiger charge is 2.40. The summed E-state index contributed by atoms with van der Waals surface area (Å²) in [5.74, 6) is -1.54. The Balaban J connectivity index is 1.45. The average molecular weight is 824 g/mol. The lowest BCUT2D eigenvalue weighted by atomic mass is 9.79. The molecular weight excluding hydrogens is 779 g/mol. The second-order valence-electron chi connectivity index (χ2n) is 16.5. The third kappa shape index (κ3) is 9.47. The Kier molecular flexibility index (Phi) is 11.2. The van der Waals surface area contributed by atoms with E-state index in [0.717, 1.165) is 29.8 Å². The second kappa shape index (κ2) is 15.4. The molecule has 0 radical (unpaired) electrons. The molecule has 58 heavy (non-hydrogen) atoms. The lowest BCUT2D eigenvalue weighted by Gasteiger charge is -2.36. The zero-order valence-corrected chi connectivity index (χ0v) is 33.9. The van der Waals surface area contributed by atoms with Crippen LogP contribution in [-0.4, -0.2) is 57.6 Å². The fourth-order valence-electron chi connectivity index (χ4n) is 6.79. The van der Waals surface area contributed by atoms with E-state index < -0.39 is 67.8 Å². The number of sulfonamides is 1. The molecule has 17 heteroatoms. The number of aromatic nitrogens is 4. The summed E-state index contributed by atoms with van der Waals surface area (Å²) in [6, 6.07) is 13.7. The van der Waals surface area contributed by atoms with Crippen LogP contribution in [0.4, 0.5) is 33.9 Å². The van der Waals surface area contributed by atoms with E-state index in [-0.39, 0.29) is 23.5 Å². The number of nitrogens with zero attached hydrogens (tertiary/aromatic N) is 5. The van der Waals surface area contributed by atoms with Crippen LogP contribution in [0, 0.1) is 11.7 Å². The predicted octanol–water partition coefficient (Wildman–Crippen LogP) is 8.75. The van der Waals surface area contributed by atoms with Gasteiger partial charge in [-0.2, -0.15) is 18.3 Å². The molecular formula is C41H45F4N7O5S. The molecule has 3 aromatic heterocycles. The maximum absolute atomic E-state index is 15.7. The minimum Gasteiger partial charge on any atom is -0.443 e. The minimum absolute atomic E-state index is 0.00352. The Morgan fingerprint density at radius 3 is 2.21 bits per heavy atom. The average Bonchev–Trinajstić information content (AvgIpc) is 3.83. The van der Waals surface area contributed by atoms with Crippen LogP contribution in [-0.2, 0) is 26.5 Å². The topological polar surface area (TPSA) is 148 Å². The van der Waals surface area contributed by atoms with E-state index in [0.29, 0.717) is 34.7 Å². The fourth-order valence-corrected chi connectivity index (χ4v) is 7.76. The first-order valence-corrected chi connectivity index (χ1v) is 20.4. The van der Waals surface area contributed by atoms with Crippen molar-refractivity contribution in [2.75, 3.05) is 16.5 Å². The van der Waals surface area contributed by atoms with Crippen LogP contribution >= 0.6 is 0 Å². The molecule has 1 aliphatic carbocycles. The molecule has 1 unspecified atom stereocenters. The molecule has 0 spiro atoms. The maximum Gasteiger partial charge on any atom is 0.435 e. The first-order valence-electron chi connectivity index (χ1n) is 18.6. The van der Waals surface area contributed by atoms with Gasteiger partial charge in [-0.15, -0.1) is 0 Å². The van der Waals surface area contributed by atoms with Crippen molar-refractivity contribution >= 4 is 44.3 Å². The SMILES string of the molecule is CC(C)(C)OC(=O)N(c1nccc2ccc(-n3nc(C(F)(F)F)cc3C(=O)Nc3cc(C(CCC4CC4)(NS(C)(=O)=O)c4ccncc4)ccc3F)cc12)C(C)(C)C. The van der Waals surface area contributed by atoms with Crippen LogP contribution in [0.1, 0.15) is 94.5 Å². The first-order chi connectivity index (χ1) is 26.9. The van der Waals surface area contributed by atoms with E-state index in [4.69, 9.17) is 4.74 Å². The molecule has 1 aliphatic rings. The summed E-state index contributed by atoms with van der Waals surface area (Å²) in [7, 11) is -3.89. The Labute approximate surface area is 334 Å². The van der Waals surface area contributed by atoms with Gasteiger partial charge in [0.25, 0.3) is 5.91 Å². The van der Waals surface area contributed by atoms with Gasteiger partial charge in [-0.25, -0.2) is 32.0 Å². The third-order valence-electron chi connectivity index (χ3n) is 9.53. The summed E-state index contributed by atoms with van der Waals surface area (Å²) >= 11 is 0. The summed E-state index contributed by atoms with van der Waals surface area (Å²) in [4.78, 5) is 37.5. The van der Waals surface area contributed by atoms with Crippen LogP contribution in [0.25, 0.3) is 16.5 Å². The molecule has 2 aromatic carbocycles. The third-order valence-corrected chi connectivity index (χ3v) is 10.2. The molecule has 1 atom stereocenters. The second-order valence-corrected chi connectivity index (χ2v) is 18.2. The smallest absolute Gasteiger partial charge is 0.435 e. The number of halogens is 4. The van der Waals surface area contributed by atoms with E-state index in [2.05, 4.69) is 25.1 Å². The molecule has 6 rings (SSSR count). The number of hydrogen-bond acceptors (Lipinski definition) is 8. The molecule has 5 aromatic rings. The lowest BCUT2D eigenvalue weighted by Crippen LogP contribution is -2.48. The number of carbonyl (C=O) groups excluding carboxylic acids is 2. The van der Waals surface area contributed by atoms with Gasteiger partial charge in [0.1, 0.15) is 22.9 Å². The van der Waals surface area contributed by atoms with E-state index >= 15 is 4.39 Å². The van der Waals surface area contributed by atoms with E-state index in [1.807, 2.05) is 0 Å². The summed E-state index contributed by atoms with van der Waals surface area (Å²) in [5, 5.41) is 7.09. The van der Waals surface area contributed by atoms with Gasteiger partial charge in [0, 0.05) is 35.6 Å². The summed E-state index contributed by atoms with van der Waals surface area (Å²) in [6.07, 6.45) is 2.70. The summed E-state index contributed by atoms with van der Waals surface area (Å²) < 4.78 is 93.4. The van der Waals surface area contributed by atoms with Crippen molar-refractivity contribution < 1.29 is 40.3 Å². The number of alkyl halides is 3. The Hall–Kier alpha value is -5.42. The number of benzene rings is 2. The first kappa shape index (κ1) is 42.2. The van der Waals surface area contributed by atoms with Crippen LogP contribution in [0.2, 0.25) is 0 Å². The molecule has 12 nitrogen and oxygen atoms in total. The number of pyridine rings is 2. The molecule has 1 saturated carbocycles. The van der Waals surface area contributed by atoms with Gasteiger partial charge in [-0.05, 0) is 119 Å². The maximum atomic E-state index is 15.7. The number of hydrogen-bond donors (Lipinski definition) is 2. The van der Waals surface area contributed by atoms with Crippen molar-refractivity contribution in [1.29, 1.82) is 0 Å². The summed E-state index contributed by atoms with van der Waals surface area (Å²) in [5.41, 5.74) is -4.72. The molecule has 2 amide bonds. The lowest BCUT2D eigenvalue weighted by molar-refractivity contribution is -0.141. The number of nitrogens with one attached hydrogen (secondary N) is 2. The summed E-state index contributed by atoms with van der Waals surface area (Å²) in [6.45, 7) is 10.4. The Morgan fingerprint density at radius 1 is 0.914 bits per heavy atom. The minimum atomic E-state index is -4.97. The van der Waals surface area contributed by atoms with Crippen LogP contribution < -0.4 is 14.9 Å². The van der Waals surface area contributed by atoms with Crippen LogP contribution in [0.5, 0.6) is 0 Å². The predicted molar refractivity (Wildman–Crippen MR) is 212 cm³/mol. The zero-order chi connectivity index (χ0) is 42.4. The van der Waals surface area contributed by atoms with Gasteiger partial charge in [-0.3, -0.25) is 14.7 Å². The number of carbonyl (C=O) groups is 2. The molecule has 0 aliphatic heterocycles. The van der Waals surface area contributed by atoms with E-state index in [1.54, 1.807) is 65.8 Å². The molecule has 308 valence electrons. The van der Waals surface area contributed by atoms with Crippen molar-refractivity contribution in [3.63, 3.8) is 0 Å². The van der Waals surface area contributed by atoms with Gasteiger partial charge in [0.2, 0.25) is 10.0 Å². The van der Waals surface area contributed by atoms with Crippen LogP contribution in [0.3, 0.4) is 0 Å². The van der Waals surface area contributed by atoms with Gasteiger partial charge in [0.05, 0.1) is 23.2 Å². The molecule has 3 heterocycles. The Bertz CT molecular complexity index is 2460. The van der Waals surface area contributed by atoms with Gasteiger partial charge in [-0.1, -0.05) is 25.0 Å². The number of anilines is 2. The normalized spacial score (nSPS) is 14.9.